The van der Waals surface area contributed by atoms with Crippen LogP contribution >= 0.6 is 0 Å². The van der Waals surface area contributed by atoms with Crippen molar-refractivity contribution in [3.63, 3.8) is 0 Å². The lowest BCUT2D eigenvalue weighted by molar-refractivity contribution is -0.724. The van der Waals surface area contributed by atoms with Crippen LogP contribution in [0.5, 0.6) is 23.0 Å². The van der Waals surface area contributed by atoms with Gasteiger partial charge in [-0.2, -0.15) is 18.3 Å². The van der Waals surface area contributed by atoms with Crippen LogP contribution in [-0.4, -0.2) is 0 Å². The van der Waals surface area contributed by atoms with Crippen molar-refractivity contribution in [3.8, 4) is 23.0 Å². The number of rotatable bonds is 20. The molecule has 9 rings (SSSR count). The summed E-state index contributed by atoms with van der Waals surface area (Å²) < 4.78 is 38.6. The van der Waals surface area contributed by atoms with E-state index in [4.69, 9.17) is 18.9 Å². The van der Waals surface area contributed by atoms with Gasteiger partial charge in [0, 0.05) is 74.2 Å². The monoisotopic (exact) mass is 1240 g/mol. The van der Waals surface area contributed by atoms with Crippen molar-refractivity contribution >= 4 is 0 Å². The van der Waals surface area contributed by atoms with Gasteiger partial charge in [0.25, 0.3) is 26.9 Å². The van der Waals surface area contributed by atoms with Crippen LogP contribution in [-0.2, 0) is 74.3 Å². The first-order valence-electron chi connectivity index (χ1n) is 33.9. The normalized spacial score (nSPS) is 13.6. The van der Waals surface area contributed by atoms with E-state index in [-0.39, 0.29) is 43.3 Å². The van der Waals surface area contributed by atoms with Crippen LogP contribution in [0.15, 0.2) is 171 Å². The van der Waals surface area contributed by atoms with E-state index in [1.807, 2.05) is 0 Å². The minimum atomic E-state index is -0.221. The maximum absolute atomic E-state index is 7.52. The number of aromatic nitrogens is 4. The third-order valence-electron chi connectivity index (χ3n) is 18.1. The Morgan fingerprint density at radius 1 is 0.239 bits per heavy atom. The number of nitrogens with zero attached hydrogens (tertiary/aromatic N) is 4. The van der Waals surface area contributed by atoms with Crippen LogP contribution in [0.3, 0.4) is 0 Å². The van der Waals surface area contributed by atoms with Crippen molar-refractivity contribution in [1.29, 1.82) is 0 Å². The van der Waals surface area contributed by atoms with Gasteiger partial charge in [0.2, 0.25) is 0 Å². The molecule has 0 radical (unpaired) electrons. The third-order valence-corrected chi connectivity index (χ3v) is 18.1. The first-order valence-corrected chi connectivity index (χ1v) is 33.9. The summed E-state index contributed by atoms with van der Waals surface area (Å²) in [7, 11) is 0. The molecule has 8 heteroatoms. The van der Waals surface area contributed by atoms with E-state index in [2.05, 4.69) is 328 Å². The number of pyridine rings is 4. The summed E-state index contributed by atoms with van der Waals surface area (Å²) in [5.41, 5.74) is 13.5. The zero-order valence-corrected chi connectivity index (χ0v) is 60.1. The van der Waals surface area contributed by atoms with Gasteiger partial charge in [-0.1, -0.05) is 211 Å². The van der Waals surface area contributed by atoms with Crippen LogP contribution in [0.25, 0.3) is 0 Å². The number of benzene rings is 4. The van der Waals surface area contributed by atoms with Gasteiger partial charge in [-0.25, -0.2) is 0 Å². The standard InChI is InChI=1S/C84H112N4O4/c1-77(2,3)53-81(13,14)69-45-61-41-63-47-70(82(15,16)54-78(4,5)6)49-65(74(63)90-58-86-35-27-22-28-36-86)43-67-51-72(84(19,20)56-80(10,11)12)52-68(76(67)92-60-88-39-31-24-32-40-88)44-66-50-71(83(17,18)55-79(7,8)9)48-64(75(66)91-59-87-37-29-23-30-38-87)42-62(46-69)73(61)89-57-85-33-25-21-26-34-85/h21-40,45-52H,41-44,53-60H2,1-20H3/q+4. The highest BCUT2D eigenvalue weighted by Gasteiger charge is 2.36. The number of fused-ring (bicyclic) bond motifs is 8. The molecule has 0 atom stereocenters. The fourth-order valence-corrected chi connectivity index (χ4v) is 15.5. The molecular weight excluding hydrogens is 1130 g/mol. The van der Waals surface area contributed by atoms with Gasteiger partial charge in [0.15, 0.2) is 49.6 Å². The van der Waals surface area contributed by atoms with E-state index in [1.54, 1.807) is 0 Å². The predicted molar refractivity (Wildman–Crippen MR) is 374 cm³/mol. The quantitative estimate of drug-likeness (QED) is 0.0714. The van der Waals surface area contributed by atoms with Gasteiger partial charge in [-0.15, -0.1) is 0 Å². The molecule has 0 aliphatic heterocycles. The van der Waals surface area contributed by atoms with Gasteiger partial charge in [0.05, 0.1) is 0 Å². The Labute approximate surface area is 555 Å². The summed E-state index contributed by atoms with van der Waals surface area (Å²) >= 11 is 0. The van der Waals surface area contributed by atoms with Crippen LogP contribution in [0, 0.1) is 21.7 Å². The molecule has 4 aromatic carbocycles. The molecule has 0 fully saturated rings. The zero-order valence-electron chi connectivity index (χ0n) is 60.1. The highest BCUT2D eigenvalue weighted by atomic mass is 16.5. The second-order valence-corrected chi connectivity index (χ2v) is 34.3. The van der Waals surface area contributed by atoms with Gasteiger partial charge >= 0.3 is 0 Å². The smallest absolute Gasteiger partial charge is 0.292 e. The van der Waals surface area contributed by atoms with Gasteiger partial charge in [0.1, 0.15) is 23.0 Å². The van der Waals surface area contributed by atoms with Crippen molar-refractivity contribution in [3.05, 3.63) is 238 Å². The molecule has 0 N–H and O–H groups in total. The van der Waals surface area contributed by atoms with E-state index in [0.717, 1.165) is 93.2 Å². The molecule has 1 aliphatic carbocycles. The molecule has 4 heterocycles. The Bertz CT molecular complexity index is 3190. The average Bonchev–Trinajstić information content (AvgIpc) is 0.772. The molecule has 0 saturated carbocycles. The maximum Gasteiger partial charge on any atom is 0.292 e. The van der Waals surface area contributed by atoms with Gasteiger partial charge in [-0.3, -0.25) is 0 Å². The molecule has 0 amide bonds. The largest absolute Gasteiger partial charge is 0.435 e. The van der Waals surface area contributed by atoms with Crippen molar-refractivity contribution in [2.45, 2.75) is 238 Å². The highest BCUT2D eigenvalue weighted by molar-refractivity contribution is 5.60. The van der Waals surface area contributed by atoms with Crippen molar-refractivity contribution in [2.75, 3.05) is 0 Å². The lowest BCUT2D eigenvalue weighted by atomic mass is 9.70. The summed E-state index contributed by atoms with van der Waals surface area (Å²) in [6, 6.07) is 44.8. The first kappa shape index (κ1) is 69.0. The Hall–Kier alpha value is -7.32. The fraction of sp³-hybridized carbons (Fsp3) is 0.476. The second kappa shape index (κ2) is 27.3. The Morgan fingerprint density at radius 2 is 0.391 bits per heavy atom. The van der Waals surface area contributed by atoms with Crippen LogP contribution in [0.2, 0.25) is 0 Å². The average molecular weight is 1240 g/mol. The molecule has 488 valence electrons. The van der Waals surface area contributed by atoms with E-state index >= 15 is 0 Å². The van der Waals surface area contributed by atoms with Crippen molar-refractivity contribution in [2.24, 2.45) is 21.7 Å². The van der Waals surface area contributed by atoms with E-state index in [9.17, 15) is 0 Å². The van der Waals surface area contributed by atoms with Crippen molar-refractivity contribution in [1.82, 2.24) is 0 Å². The van der Waals surface area contributed by atoms with E-state index in [0.29, 0.717) is 52.6 Å². The fourth-order valence-electron chi connectivity index (χ4n) is 15.5. The molecule has 4 aromatic heterocycles. The lowest BCUT2D eigenvalue weighted by Gasteiger charge is -2.35. The molecule has 8 bridgehead atoms. The summed E-state index contributed by atoms with van der Waals surface area (Å²) in [5.74, 6) is 3.56. The summed E-state index contributed by atoms with van der Waals surface area (Å²) in [4.78, 5) is 0. The molecule has 0 spiro atoms. The zero-order chi connectivity index (χ0) is 66.7. The maximum atomic E-state index is 7.52. The Kier molecular flexibility index (Phi) is 20.5. The summed E-state index contributed by atoms with van der Waals surface area (Å²) in [6.45, 7) is 49.3. The molecule has 1 aliphatic rings. The van der Waals surface area contributed by atoms with Gasteiger partial charge < -0.3 is 18.9 Å². The first-order chi connectivity index (χ1) is 43.0. The lowest BCUT2D eigenvalue weighted by Crippen LogP contribution is -2.36. The minimum Gasteiger partial charge on any atom is -0.435 e. The van der Waals surface area contributed by atoms with Gasteiger partial charge in [-0.05, 0) is 136 Å². The molecule has 0 unspecified atom stereocenters. The number of hydrogen-bond donors (Lipinski definition) is 0. The van der Waals surface area contributed by atoms with Crippen LogP contribution < -0.4 is 37.2 Å². The topological polar surface area (TPSA) is 52.4 Å². The predicted octanol–water partition coefficient (Wildman–Crippen LogP) is 18.5. The Balaban J connectivity index is 1.46. The van der Waals surface area contributed by atoms with Crippen LogP contribution in [0.4, 0.5) is 0 Å². The molecule has 8 nitrogen and oxygen atoms in total. The minimum absolute atomic E-state index is 0.0483. The van der Waals surface area contributed by atoms with Crippen molar-refractivity contribution < 1.29 is 37.2 Å². The van der Waals surface area contributed by atoms with Crippen LogP contribution in [0.1, 0.15) is 231 Å². The van der Waals surface area contributed by atoms with E-state index < -0.39 is 0 Å². The summed E-state index contributed by atoms with van der Waals surface area (Å²) in [5, 5.41) is 0. The SMILES string of the molecule is CC(C)(C)CC(C)(C)c1cc2c(OC[n+]3ccccc3)c(c1)Cc1cc(C(C)(C)CC(C)(C)C)cc(c1OC[n+]1ccccc1)Cc1cc(C(C)(C)CC(C)(C)C)cc(c1OC[n+]1ccccc1)Cc1cc(C(C)(C)CC(C)(C)C)cc(c1OC[n+]1ccccc1)C2. The highest BCUT2D eigenvalue weighted by Crippen LogP contribution is 2.48. The molecule has 0 saturated heterocycles. The second-order valence-electron chi connectivity index (χ2n) is 34.3. The number of hydrogen-bond acceptors (Lipinski definition) is 4. The van der Waals surface area contributed by atoms with E-state index in [1.165, 1.54) is 22.3 Å². The molecule has 92 heavy (non-hydrogen) atoms. The number of ether oxygens (including phenoxy) is 4. The third kappa shape index (κ3) is 18.5. The molecule has 8 aromatic rings. The molecular formula is C84H112N4O4+4. The Morgan fingerprint density at radius 3 is 0.533 bits per heavy atom. The summed E-state index contributed by atoms with van der Waals surface area (Å²) in [6.07, 6.45) is 22.9.